The molecule has 0 heterocycles. The molecule has 4 N–H and O–H groups in total. The molecule has 0 aliphatic rings. The van der Waals surface area contributed by atoms with Gasteiger partial charge in [0.05, 0.1) is 26.4 Å². The minimum absolute atomic E-state index is 0.0936. The van der Waals surface area contributed by atoms with E-state index in [0.717, 1.165) is 141 Å². The topological polar surface area (TPSA) is 231 Å². The second kappa shape index (κ2) is 57.4. The minimum atomic E-state index is -4.91. The SMILES string of the molecule is CCCC/C=C\CCCCCCCC(=O)OCC(COP(=O)(O)OCC(O)COP(=O)(O)OCC(O)COC(=O)CCCCCCCCC/C=C\C/C=C\C/C=C\C/C=C\CCCCC)OC(=O)CCCCCCC/C=C\CCCC. The molecule has 81 heavy (non-hydrogen) atoms. The lowest BCUT2D eigenvalue weighted by Gasteiger charge is -2.21. The number of rotatable bonds is 59. The molecule has 0 aromatic carbocycles. The Labute approximate surface area is 490 Å². The number of aliphatic hydroxyl groups is 2. The first-order valence-corrected chi connectivity index (χ1v) is 34.2. The van der Waals surface area contributed by atoms with E-state index in [1.54, 1.807) is 0 Å². The summed E-state index contributed by atoms with van der Waals surface area (Å²) in [4.78, 5) is 58.0. The monoisotopic (exact) mass is 1190 g/mol. The Morgan fingerprint density at radius 3 is 1.02 bits per heavy atom. The van der Waals surface area contributed by atoms with Crippen molar-refractivity contribution in [1.29, 1.82) is 0 Å². The molecular weight excluding hydrogens is 1070 g/mol. The zero-order valence-electron chi connectivity index (χ0n) is 50.4. The van der Waals surface area contributed by atoms with Crippen LogP contribution in [0.3, 0.4) is 0 Å². The molecule has 0 aromatic heterocycles. The molecule has 470 valence electrons. The van der Waals surface area contributed by atoms with Crippen molar-refractivity contribution in [3.8, 4) is 0 Å². The summed E-state index contributed by atoms with van der Waals surface area (Å²) in [5.74, 6) is -1.61. The van der Waals surface area contributed by atoms with Gasteiger partial charge < -0.3 is 34.2 Å². The van der Waals surface area contributed by atoms with E-state index in [1.807, 2.05) is 0 Å². The summed E-state index contributed by atoms with van der Waals surface area (Å²) in [6, 6.07) is 0. The van der Waals surface area contributed by atoms with Crippen LogP contribution in [0.15, 0.2) is 72.9 Å². The smallest absolute Gasteiger partial charge is 0.463 e. The Balaban J connectivity index is 4.50. The Kier molecular flexibility index (Phi) is 55.3. The largest absolute Gasteiger partial charge is 0.472 e. The van der Waals surface area contributed by atoms with Crippen molar-refractivity contribution in [1.82, 2.24) is 0 Å². The second-order valence-corrected chi connectivity index (χ2v) is 23.8. The summed E-state index contributed by atoms with van der Waals surface area (Å²) < 4.78 is 60.5. The number of phosphoric ester groups is 2. The number of hydrogen-bond acceptors (Lipinski definition) is 14. The van der Waals surface area contributed by atoms with Crippen molar-refractivity contribution in [2.75, 3.05) is 39.6 Å². The van der Waals surface area contributed by atoms with Crippen molar-refractivity contribution < 1.29 is 75.8 Å². The molecule has 18 heteroatoms. The van der Waals surface area contributed by atoms with Gasteiger partial charge in [-0.3, -0.25) is 32.5 Å². The molecule has 0 radical (unpaired) electrons. The lowest BCUT2D eigenvalue weighted by Crippen LogP contribution is -2.30. The molecule has 5 atom stereocenters. The fraction of sp³-hybridized carbons (Fsp3) is 0.762. The maximum Gasteiger partial charge on any atom is 0.472 e. The first-order valence-electron chi connectivity index (χ1n) is 31.2. The number of unbranched alkanes of at least 4 members (excludes halogenated alkanes) is 24. The van der Waals surface area contributed by atoms with E-state index < -0.39 is 91.5 Å². The van der Waals surface area contributed by atoms with Crippen LogP contribution in [0.25, 0.3) is 0 Å². The number of carbonyl (C=O) groups is 3. The highest BCUT2D eigenvalue weighted by Crippen LogP contribution is 2.45. The molecule has 0 spiro atoms. The lowest BCUT2D eigenvalue weighted by molar-refractivity contribution is -0.161. The number of esters is 3. The number of allylic oxidation sites excluding steroid dienone is 12. The fourth-order valence-corrected chi connectivity index (χ4v) is 9.57. The van der Waals surface area contributed by atoms with E-state index in [-0.39, 0.29) is 19.3 Å². The van der Waals surface area contributed by atoms with Gasteiger partial charge in [0.25, 0.3) is 0 Å². The van der Waals surface area contributed by atoms with Crippen LogP contribution < -0.4 is 0 Å². The van der Waals surface area contributed by atoms with Crippen LogP contribution >= 0.6 is 15.6 Å². The van der Waals surface area contributed by atoms with Gasteiger partial charge in [-0.1, -0.05) is 203 Å². The molecular formula is C63H112O16P2. The van der Waals surface area contributed by atoms with Gasteiger partial charge in [0, 0.05) is 19.3 Å². The van der Waals surface area contributed by atoms with Crippen LogP contribution in [-0.2, 0) is 55.8 Å². The predicted octanol–water partition coefficient (Wildman–Crippen LogP) is 16.4. The van der Waals surface area contributed by atoms with Crippen molar-refractivity contribution in [2.45, 2.75) is 270 Å². The van der Waals surface area contributed by atoms with Crippen LogP contribution in [-0.4, -0.2) is 95.9 Å². The van der Waals surface area contributed by atoms with Crippen LogP contribution in [0, 0.1) is 0 Å². The summed E-state index contributed by atoms with van der Waals surface area (Å²) in [5.41, 5.74) is 0. The lowest BCUT2D eigenvalue weighted by atomic mass is 10.1. The van der Waals surface area contributed by atoms with Crippen molar-refractivity contribution >= 4 is 33.6 Å². The molecule has 16 nitrogen and oxygen atoms in total. The highest BCUT2D eigenvalue weighted by atomic mass is 31.2. The minimum Gasteiger partial charge on any atom is -0.463 e. The number of phosphoric acid groups is 2. The fourth-order valence-electron chi connectivity index (χ4n) is 7.98. The molecule has 0 aliphatic carbocycles. The van der Waals surface area contributed by atoms with Gasteiger partial charge in [0.15, 0.2) is 6.10 Å². The van der Waals surface area contributed by atoms with Gasteiger partial charge >= 0.3 is 33.6 Å². The third-order valence-electron chi connectivity index (χ3n) is 12.9. The Morgan fingerprint density at radius 2 is 0.630 bits per heavy atom. The summed E-state index contributed by atoms with van der Waals surface area (Å²) in [6.07, 6.45) is 57.0. The van der Waals surface area contributed by atoms with E-state index in [4.69, 9.17) is 32.3 Å². The summed E-state index contributed by atoms with van der Waals surface area (Å²) >= 11 is 0. The summed E-state index contributed by atoms with van der Waals surface area (Å²) in [5, 5.41) is 20.5. The van der Waals surface area contributed by atoms with E-state index in [1.165, 1.54) is 51.4 Å². The normalized spacial score (nSPS) is 14.9. The number of aliphatic hydroxyl groups excluding tert-OH is 2. The number of ether oxygens (including phenoxy) is 3. The van der Waals surface area contributed by atoms with E-state index in [2.05, 4.69) is 93.7 Å². The van der Waals surface area contributed by atoms with E-state index >= 15 is 0 Å². The molecule has 0 aliphatic heterocycles. The highest BCUT2D eigenvalue weighted by molar-refractivity contribution is 7.47. The average molecular weight is 1190 g/mol. The Bertz CT molecular complexity index is 1780. The number of carbonyl (C=O) groups excluding carboxylic acids is 3. The highest BCUT2D eigenvalue weighted by Gasteiger charge is 2.29. The average Bonchev–Trinajstić information content (AvgIpc) is 3.45. The molecule has 0 aromatic rings. The third kappa shape index (κ3) is 58.6. The first kappa shape index (κ1) is 78.0. The van der Waals surface area contributed by atoms with Gasteiger partial charge in [-0.2, -0.15) is 0 Å². The molecule has 0 fully saturated rings. The standard InChI is InChI=1S/C63H112O16P2/c1-4-7-10-13-16-19-22-23-24-25-26-27-28-29-30-31-32-33-36-38-40-43-46-49-61(66)73-52-58(64)53-75-80(69,70)76-54-59(65)55-77-81(71,72)78-57-60(79-63(68)51-48-45-42-39-35-21-18-15-12-9-6-3)56-74-62(67)50-47-44-41-37-34-20-17-14-11-8-5-2/h14-19,23-24,26-27,29-30,58-60,64-65H,4-13,20-22,25,28,31-57H2,1-3H3,(H,69,70)(H,71,72)/b17-14-,18-15-,19-16-,24-23-,27-26-,30-29-. The van der Waals surface area contributed by atoms with Crippen molar-refractivity contribution in [2.24, 2.45) is 0 Å². The summed E-state index contributed by atoms with van der Waals surface area (Å²) in [6.45, 7) is 2.50. The Hall–Kier alpha value is -3.01. The van der Waals surface area contributed by atoms with Gasteiger partial charge in [-0.15, -0.1) is 0 Å². The van der Waals surface area contributed by atoms with Crippen molar-refractivity contribution in [3.05, 3.63) is 72.9 Å². The summed E-state index contributed by atoms with van der Waals surface area (Å²) in [7, 11) is -9.76. The van der Waals surface area contributed by atoms with Crippen LogP contribution in [0.5, 0.6) is 0 Å². The quantitative estimate of drug-likeness (QED) is 0.0146. The van der Waals surface area contributed by atoms with Gasteiger partial charge in [0.1, 0.15) is 25.4 Å². The van der Waals surface area contributed by atoms with E-state index in [0.29, 0.717) is 19.3 Å². The van der Waals surface area contributed by atoms with Gasteiger partial charge in [-0.25, -0.2) is 9.13 Å². The van der Waals surface area contributed by atoms with Crippen LogP contribution in [0.4, 0.5) is 0 Å². The number of hydrogen-bond donors (Lipinski definition) is 4. The van der Waals surface area contributed by atoms with E-state index in [9.17, 15) is 43.5 Å². The molecule has 0 bridgehead atoms. The molecule has 0 rings (SSSR count). The molecule has 0 saturated carbocycles. The van der Waals surface area contributed by atoms with Gasteiger partial charge in [-0.05, 0) is 103 Å². The molecule has 5 unspecified atom stereocenters. The molecule has 0 saturated heterocycles. The van der Waals surface area contributed by atoms with Crippen LogP contribution in [0.1, 0.15) is 252 Å². The second-order valence-electron chi connectivity index (χ2n) is 20.8. The van der Waals surface area contributed by atoms with Crippen molar-refractivity contribution in [3.63, 3.8) is 0 Å². The molecule has 0 amide bonds. The maximum atomic E-state index is 12.8. The van der Waals surface area contributed by atoms with Crippen LogP contribution in [0.2, 0.25) is 0 Å². The zero-order valence-corrected chi connectivity index (χ0v) is 52.2. The Morgan fingerprint density at radius 1 is 0.346 bits per heavy atom. The van der Waals surface area contributed by atoms with Gasteiger partial charge in [0.2, 0.25) is 0 Å². The maximum absolute atomic E-state index is 12.8. The predicted molar refractivity (Wildman–Crippen MR) is 325 cm³/mol. The first-order chi connectivity index (χ1) is 39.2. The third-order valence-corrected chi connectivity index (χ3v) is 14.8. The zero-order chi connectivity index (χ0) is 59.6.